The van der Waals surface area contributed by atoms with Gasteiger partial charge in [-0.25, -0.2) is 4.79 Å². The van der Waals surface area contributed by atoms with E-state index >= 15 is 0 Å². The maximum Gasteiger partial charge on any atom is 0.326 e. The topological polar surface area (TPSA) is 92.4 Å². The summed E-state index contributed by atoms with van der Waals surface area (Å²) in [5.74, 6) is -1.49. The Kier molecular flexibility index (Phi) is 4.51. The second-order valence-corrected chi connectivity index (χ2v) is 3.74. The molecule has 1 aromatic rings. The van der Waals surface area contributed by atoms with E-state index in [1.165, 1.54) is 0 Å². The second-order valence-electron chi connectivity index (χ2n) is 3.74. The van der Waals surface area contributed by atoms with Crippen molar-refractivity contribution in [2.45, 2.75) is 25.8 Å². The van der Waals surface area contributed by atoms with Gasteiger partial charge in [0.1, 0.15) is 6.04 Å². The third-order valence-electron chi connectivity index (χ3n) is 2.39. The van der Waals surface area contributed by atoms with Crippen LogP contribution < -0.4 is 11.1 Å². The number of benzene rings is 1. The van der Waals surface area contributed by atoms with Gasteiger partial charge in [0, 0.05) is 5.69 Å². The number of hydrogen-bond donors (Lipinski definition) is 3. The van der Waals surface area contributed by atoms with E-state index in [9.17, 15) is 9.59 Å². The monoisotopic (exact) mass is 236 g/mol. The molecule has 1 atom stereocenters. The van der Waals surface area contributed by atoms with Crippen LogP contribution in [0.25, 0.3) is 0 Å². The molecule has 0 unspecified atom stereocenters. The van der Waals surface area contributed by atoms with Crippen molar-refractivity contribution < 1.29 is 14.7 Å². The third-order valence-corrected chi connectivity index (χ3v) is 2.39. The van der Waals surface area contributed by atoms with Gasteiger partial charge < -0.3 is 16.2 Å². The minimum Gasteiger partial charge on any atom is -0.480 e. The molecule has 0 aliphatic carbocycles. The maximum atomic E-state index is 11.8. The summed E-state index contributed by atoms with van der Waals surface area (Å²) in [5.41, 5.74) is 6.28. The summed E-state index contributed by atoms with van der Waals surface area (Å²) >= 11 is 0. The molecule has 92 valence electrons. The van der Waals surface area contributed by atoms with Crippen LogP contribution in [0.1, 0.15) is 30.1 Å². The fourth-order valence-corrected chi connectivity index (χ4v) is 1.49. The van der Waals surface area contributed by atoms with Gasteiger partial charge in [-0.1, -0.05) is 25.5 Å². The van der Waals surface area contributed by atoms with Crippen LogP contribution in [0.4, 0.5) is 5.69 Å². The zero-order valence-electron chi connectivity index (χ0n) is 9.64. The van der Waals surface area contributed by atoms with Gasteiger partial charge in [-0.3, -0.25) is 4.79 Å². The number of rotatable bonds is 5. The van der Waals surface area contributed by atoms with Gasteiger partial charge in [-0.05, 0) is 18.6 Å². The Morgan fingerprint density at radius 3 is 2.59 bits per heavy atom. The molecule has 0 saturated heterocycles. The third kappa shape index (κ3) is 3.48. The van der Waals surface area contributed by atoms with E-state index in [-0.39, 0.29) is 0 Å². The standard InChI is InChI=1S/C12H16N2O3/c1-2-5-10(12(16)17)14-11(15)8-6-3-4-7-9(8)13/h3-4,6-7,10H,2,5,13H2,1H3,(H,14,15)(H,16,17)/t10-/m1/s1. The lowest BCUT2D eigenvalue weighted by molar-refractivity contribution is -0.139. The highest BCUT2D eigenvalue weighted by Crippen LogP contribution is 2.10. The Balaban J connectivity index is 2.77. The van der Waals surface area contributed by atoms with Crippen LogP contribution in [0.5, 0.6) is 0 Å². The number of nitrogens with one attached hydrogen (secondary N) is 1. The van der Waals surface area contributed by atoms with E-state index in [0.29, 0.717) is 24.1 Å². The normalized spacial score (nSPS) is 11.8. The molecule has 0 aliphatic rings. The molecule has 0 heterocycles. The number of para-hydroxylation sites is 1. The molecule has 5 nitrogen and oxygen atoms in total. The average molecular weight is 236 g/mol. The van der Waals surface area contributed by atoms with Crippen LogP contribution in [0.15, 0.2) is 24.3 Å². The van der Waals surface area contributed by atoms with Gasteiger partial charge in [0.25, 0.3) is 5.91 Å². The fourth-order valence-electron chi connectivity index (χ4n) is 1.49. The van der Waals surface area contributed by atoms with Crippen LogP contribution in [0, 0.1) is 0 Å². The molecule has 0 fully saturated rings. The van der Waals surface area contributed by atoms with Crippen LogP contribution >= 0.6 is 0 Å². The number of amides is 1. The lowest BCUT2D eigenvalue weighted by Gasteiger charge is -2.14. The molecule has 1 amide bonds. The molecule has 0 saturated carbocycles. The molecular formula is C12H16N2O3. The number of nitrogens with two attached hydrogens (primary N) is 1. The Morgan fingerprint density at radius 2 is 2.06 bits per heavy atom. The summed E-state index contributed by atoms with van der Waals surface area (Å²) in [4.78, 5) is 22.7. The van der Waals surface area contributed by atoms with Gasteiger partial charge in [0.15, 0.2) is 0 Å². The largest absolute Gasteiger partial charge is 0.480 e. The minimum atomic E-state index is -1.03. The fraction of sp³-hybridized carbons (Fsp3) is 0.333. The summed E-state index contributed by atoms with van der Waals surface area (Å²) < 4.78 is 0. The number of carboxylic acids is 1. The Hall–Kier alpha value is -2.04. The molecule has 1 aromatic carbocycles. The van der Waals surface area contributed by atoms with Crippen LogP contribution in [0.3, 0.4) is 0 Å². The van der Waals surface area contributed by atoms with Crippen molar-refractivity contribution in [1.29, 1.82) is 0 Å². The van der Waals surface area contributed by atoms with E-state index in [4.69, 9.17) is 10.8 Å². The second kappa shape index (κ2) is 5.89. The quantitative estimate of drug-likeness (QED) is 0.671. The van der Waals surface area contributed by atoms with E-state index in [0.717, 1.165) is 0 Å². The molecule has 4 N–H and O–H groups in total. The summed E-state index contributed by atoms with van der Waals surface area (Å²) in [7, 11) is 0. The number of hydrogen-bond acceptors (Lipinski definition) is 3. The van der Waals surface area contributed by atoms with Crippen LogP contribution in [-0.4, -0.2) is 23.0 Å². The first kappa shape index (κ1) is 13.0. The number of carbonyl (C=O) groups is 2. The van der Waals surface area contributed by atoms with E-state index in [1.807, 2.05) is 6.92 Å². The summed E-state index contributed by atoms with van der Waals surface area (Å²) in [5, 5.41) is 11.4. The Bertz CT molecular complexity index is 418. The average Bonchev–Trinajstić information content (AvgIpc) is 2.28. The zero-order valence-corrected chi connectivity index (χ0v) is 9.64. The summed E-state index contributed by atoms with van der Waals surface area (Å²) in [6.07, 6.45) is 1.08. The van der Waals surface area contributed by atoms with Gasteiger partial charge in [0.05, 0.1) is 5.56 Å². The predicted octanol–water partition coefficient (Wildman–Crippen LogP) is 1.25. The van der Waals surface area contributed by atoms with E-state index < -0.39 is 17.9 Å². The molecule has 17 heavy (non-hydrogen) atoms. The van der Waals surface area contributed by atoms with Crippen molar-refractivity contribution in [3.8, 4) is 0 Å². The first-order valence-corrected chi connectivity index (χ1v) is 5.44. The van der Waals surface area contributed by atoms with Crippen LogP contribution in [-0.2, 0) is 4.79 Å². The van der Waals surface area contributed by atoms with Gasteiger partial charge in [0.2, 0.25) is 0 Å². The molecule has 0 bridgehead atoms. The number of anilines is 1. The highest BCUT2D eigenvalue weighted by atomic mass is 16.4. The Labute approximate surface area is 99.6 Å². The van der Waals surface area contributed by atoms with E-state index in [2.05, 4.69) is 5.32 Å². The van der Waals surface area contributed by atoms with Crippen molar-refractivity contribution >= 4 is 17.6 Å². The van der Waals surface area contributed by atoms with Crippen LogP contribution in [0.2, 0.25) is 0 Å². The highest BCUT2D eigenvalue weighted by Gasteiger charge is 2.20. The van der Waals surface area contributed by atoms with Gasteiger partial charge in [-0.15, -0.1) is 0 Å². The Morgan fingerprint density at radius 1 is 1.41 bits per heavy atom. The maximum absolute atomic E-state index is 11.8. The number of carbonyl (C=O) groups excluding carboxylic acids is 1. The lowest BCUT2D eigenvalue weighted by Crippen LogP contribution is -2.40. The van der Waals surface area contributed by atoms with Crippen molar-refractivity contribution in [3.63, 3.8) is 0 Å². The van der Waals surface area contributed by atoms with Gasteiger partial charge in [-0.2, -0.15) is 0 Å². The number of carboxylic acid groups (broad SMARTS) is 1. The SMILES string of the molecule is CCC[C@@H](NC(=O)c1ccccc1N)C(=O)O. The van der Waals surface area contributed by atoms with Gasteiger partial charge >= 0.3 is 5.97 Å². The molecule has 0 aromatic heterocycles. The van der Waals surface area contributed by atoms with Crippen molar-refractivity contribution in [2.75, 3.05) is 5.73 Å². The van der Waals surface area contributed by atoms with Crippen molar-refractivity contribution in [2.24, 2.45) is 0 Å². The molecule has 5 heteroatoms. The predicted molar refractivity (Wildman–Crippen MR) is 64.7 cm³/mol. The molecule has 0 aliphatic heterocycles. The number of nitrogen functional groups attached to an aromatic ring is 1. The smallest absolute Gasteiger partial charge is 0.326 e. The lowest BCUT2D eigenvalue weighted by atomic mass is 10.1. The molecule has 0 radical (unpaired) electrons. The molecule has 1 rings (SSSR count). The van der Waals surface area contributed by atoms with Crippen molar-refractivity contribution in [3.05, 3.63) is 29.8 Å². The van der Waals surface area contributed by atoms with Crippen molar-refractivity contribution in [1.82, 2.24) is 5.32 Å². The first-order valence-electron chi connectivity index (χ1n) is 5.44. The molecular weight excluding hydrogens is 220 g/mol. The molecule has 0 spiro atoms. The summed E-state index contributed by atoms with van der Waals surface area (Å²) in [6, 6.07) is 5.69. The minimum absolute atomic E-state index is 0.301. The number of aliphatic carboxylic acids is 1. The van der Waals surface area contributed by atoms with E-state index in [1.54, 1.807) is 24.3 Å². The first-order chi connectivity index (χ1) is 8.06. The summed E-state index contributed by atoms with van der Waals surface area (Å²) in [6.45, 7) is 1.86. The zero-order chi connectivity index (χ0) is 12.8. The highest BCUT2D eigenvalue weighted by molar-refractivity contribution is 6.00.